The second kappa shape index (κ2) is 8.43. The standard InChI is InChI=1S/C20H26N2O4S/c1-6-26-19-11-9-18(10-12-19)22(27(5,24)25)16(4)20(23)21-17-8-7-14(2)15(3)13-17/h7-13,16H,6H2,1-5H3,(H,21,23). The summed E-state index contributed by atoms with van der Waals surface area (Å²) >= 11 is 0. The molecule has 0 spiro atoms. The molecule has 6 nitrogen and oxygen atoms in total. The molecule has 2 rings (SSSR count). The predicted molar refractivity (Wildman–Crippen MR) is 109 cm³/mol. The highest BCUT2D eigenvalue weighted by atomic mass is 32.2. The lowest BCUT2D eigenvalue weighted by Crippen LogP contribution is -2.45. The number of sulfonamides is 1. The topological polar surface area (TPSA) is 75.7 Å². The van der Waals surface area contributed by atoms with E-state index in [1.807, 2.05) is 32.9 Å². The fourth-order valence-corrected chi connectivity index (χ4v) is 3.91. The molecule has 0 saturated heterocycles. The summed E-state index contributed by atoms with van der Waals surface area (Å²) in [5.74, 6) is 0.236. The Morgan fingerprint density at radius 1 is 1.11 bits per heavy atom. The second-order valence-electron chi connectivity index (χ2n) is 6.45. The van der Waals surface area contributed by atoms with Gasteiger partial charge in [-0.25, -0.2) is 8.42 Å². The number of hydrogen-bond donors (Lipinski definition) is 1. The van der Waals surface area contributed by atoms with Gasteiger partial charge in [0, 0.05) is 5.69 Å². The molecule has 0 radical (unpaired) electrons. The zero-order valence-corrected chi connectivity index (χ0v) is 17.1. The molecule has 1 N–H and O–H groups in total. The van der Waals surface area contributed by atoms with Crippen LogP contribution in [0.5, 0.6) is 5.75 Å². The molecular weight excluding hydrogens is 364 g/mol. The smallest absolute Gasteiger partial charge is 0.247 e. The van der Waals surface area contributed by atoms with Gasteiger partial charge in [0.25, 0.3) is 0 Å². The monoisotopic (exact) mass is 390 g/mol. The second-order valence-corrected chi connectivity index (χ2v) is 8.31. The number of hydrogen-bond acceptors (Lipinski definition) is 4. The first kappa shape index (κ1) is 20.8. The molecule has 1 amide bonds. The largest absolute Gasteiger partial charge is 0.494 e. The summed E-state index contributed by atoms with van der Waals surface area (Å²) in [6.07, 6.45) is 1.09. The SMILES string of the molecule is CCOc1ccc(N(C(C)C(=O)Nc2ccc(C)c(C)c2)S(C)(=O)=O)cc1. The minimum Gasteiger partial charge on any atom is -0.494 e. The number of benzene rings is 2. The molecule has 2 aromatic carbocycles. The van der Waals surface area contributed by atoms with Gasteiger partial charge in [-0.3, -0.25) is 9.10 Å². The number of rotatable bonds is 7. The van der Waals surface area contributed by atoms with Crippen molar-refractivity contribution >= 4 is 27.3 Å². The van der Waals surface area contributed by atoms with Crippen LogP contribution in [0.2, 0.25) is 0 Å². The fourth-order valence-electron chi connectivity index (χ4n) is 2.73. The predicted octanol–water partition coefficient (Wildman–Crippen LogP) is 3.50. The molecule has 0 aliphatic carbocycles. The summed E-state index contributed by atoms with van der Waals surface area (Å²) in [7, 11) is -3.66. The van der Waals surface area contributed by atoms with Crippen LogP contribution in [0.15, 0.2) is 42.5 Å². The van der Waals surface area contributed by atoms with Crippen molar-refractivity contribution in [1.82, 2.24) is 0 Å². The van der Waals surface area contributed by atoms with E-state index in [0.717, 1.165) is 21.7 Å². The van der Waals surface area contributed by atoms with Gasteiger partial charge in [-0.05, 0) is 75.2 Å². The molecule has 1 unspecified atom stereocenters. The van der Waals surface area contributed by atoms with Crippen LogP contribution in [0.3, 0.4) is 0 Å². The van der Waals surface area contributed by atoms with E-state index < -0.39 is 22.0 Å². The summed E-state index contributed by atoms with van der Waals surface area (Å²) < 4.78 is 31.2. The molecule has 0 aromatic heterocycles. The molecule has 1 atom stereocenters. The Morgan fingerprint density at radius 3 is 2.26 bits per heavy atom. The maximum absolute atomic E-state index is 12.7. The van der Waals surface area contributed by atoms with Crippen LogP contribution >= 0.6 is 0 Å². The molecule has 0 aliphatic rings. The molecule has 7 heteroatoms. The number of ether oxygens (including phenoxy) is 1. The maximum atomic E-state index is 12.7. The zero-order chi connectivity index (χ0) is 20.2. The summed E-state index contributed by atoms with van der Waals surface area (Å²) in [4.78, 5) is 12.7. The minimum absolute atomic E-state index is 0.405. The van der Waals surface area contributed by atoms with E-state index in [4.69, 9.17) is 4.74 Å². The van der Waals surface area contributed by atoms with E-state index in [-0.39, 0.29) is 0 Å². The average Bonchev–Trinajstić information content (AvgIpc) is 2.59. The summed E-state index contributed by atoms with van der Waals surface area (Å²) in [5, 5.41) is 2.79. The lowest BCUT2D eigenvalue weighted by Gasteiger charge is -2.28. The molecule has 0 saturated carbocycles. The van der Waals surface area contributed by atoms with E-state index in [1.165, 1.54) is 0 Å². The van der Waals surface area contributed by atoms with Crippen molar-refractivity contribution in [2.24, 2.45) is 0 Å². The Labute approximate surface area is 161 Å². The first-order chi connectivity index (χ1) is 12.6. The third kappa shape index (κ3) is 5.23. The normalized spacial score (nSPS) is 12.3. The summed E-state index contributed by atoms with van der Waals surface area (Å²) in [6.45, 7) is 7.89. The van der Waals surface area contributed by atoms with E-state index in [1.54, 1.807) is 37.3 Å². The third-order valence-electron chi connectivity index (χ3n) is 4.27. The number of nitrogens with one attached hydrogen (secondary N) is 1. The molecular formula is C20H26N2O4S. The van der Waals surface area contributed by atoms with E-state index in [9.17, 15) is 13.2 Å². The number of carbonyl (C=O) groups is 1. The van der Waals surface area contributed by atoms with Crippen LogP contribution in [-0.2, 0) is 14.8 Å². The van der Waals surface area contributed by atoms with Crippen molar-refractivity contribution in [3.8, 4) is 5.75 Å². The Kier molecular flexibility index (Phi) is 6.49. The van der Waals surface area contributed by atoms with Gasteiger partial charge in [0.1, 0.15) is 11.8 Å². The van der Waals surface area contributed by atoms with Gasteiger partial charge in [-0.1, -0.05) is 6.07 Å². The number of aryl methyl sites for hydroxylation is 2. The van der Waals surface area contributed by atoms with Crippen molar-refractivity contribution in [2.75, 3.05) is 22.5 Å². The van der Waals surface area contributed by atoms with Gasteiger partial charge in [0.15, 0.2) is 0 Å². The van der Waals surface area contributed by atoms with E-state index >= 15 is 0 Å². The highest BCUT2D eigenvalue weighted by Crippen LogP contribution is 2.25. The first-order valence-electron chi connectivity index (χ1n) is 8.74. The highest BCUT2D eigenvalue weighted by molar-refractivity contribution is 7.92. The van der Waals surface area contributed by atoms with Gasteiger partial charge in [-0.2, -0.15) is 0 Å². The van der Waals surface area contributed by atoms with Crippen LogP contribution in [-0.4, -0.2) is 33.2 Å². The van der Waals surface area contributed by atoms with Crippen molar-refractivity contribution in [3.63, 3.8) is 0 Å². The molecule has 2 aromatic rings. The Morgan fingerprint density at radius 2 is 1.74 bits per heavy atom. The number of nitrogens with zero attached hydrogens (tertiary/aromatic N) is 1. The van der Waals surface area contributed by atoms with Gasteiger partial charge >= 0.3 is 0 Å². The summed E-state index contributed by atoms with van der Waals surface area (Å²) in [5.41, 5.74) is 3.21. The van der Waals surface area contributed by atoms with Gasteiger partial charge in [0.05, 0.1) is 18.6 Å². The van der Waals surface area contributed by atoms with E-state index in [0.29, 0.717) is 23.7 Å². The van der Waals surface area contributed by atoms with Crippen molar-refractivity contribution in [1.29, 1.82) is 0 Å². The Balaban J connectivity index is 2.27. The average molecular weight is 391 g/mol. The van der Waals surface area contributed by atoms with Crippen molar-refractivity contribution in [2.45, 2.75) is 33.7 Å². The lowest BCUT2D eigenvalue weighted by atomic mass is 10.1. The Hall–Kier alpha value is -2.54. The Bertz CT molecular complexity index is 908. The first-order valence-corrected chi connectivity index (χ1v) is 10.6. The lowest BCUT2D eigenvalue weighted by molar-refractivity contribution is -0.116. The maximum Gasteiger partial charge on any atom is 0.247 e. The van der Waals surface area contributed by atoms with Crippen LogP contribution in [0.25, 0.3) is 0 Å². The van der Waals surface area contributed by atoms with Gasteiger partial charge < -0.3 is 10.1 Å². The van der Waals surface area contributed by atoms with Gasteiger partial charge in [-0.15, -0.1) is 0 Å². The van der Waals surface area contributed by atoms with Crippen molar-refractivity contribution in [3.05, 3.63) is 53.6 Å². The van der Waals surface area contributed by atoms with Crippen LogP contribution in [0.4, 0.5) is 11.4 Å². The number of amides is 1. The number of carbonyl (C=O) groups excluding carboxylic acids is 1. The summed E-state index contributed by atoms with van der Waals surface area (Å²) in [6, 6.07) is 11.3. The van der Waals surface area contributed by atoms with Crippen LogP contribution in [0.1, 0.15) is 25.0 Å². The third-order valence-corrected chi connectivity index (χ3v) is 5.51. The van der Waals surface area contributed by atoms with Crippen LogP contribution < -0.4 is 14.4 Å². The molecule has 146 valence electrons. The molecule has 0 bridgehead atoms. The van der Waals surface area contributed by atoms with Crippen molar-refractivity contribution < 1.29 is 17.9 Å². The fraction of sp³-hybridized carbons (Fsp3) is 0.350. The zero-order valence-electron chi connectivity index (χ0n) is 16.3. The molecule has 27 heavy (non-hydrogen) atoms. The number of anilines is 2. The molecule has 0 aliphatic heterocycles. The minimum atomic E-state index is -3.66. The highest BCUT2D eigenvalue weighted by Gasteiger charge is 2.29. The van der Waals surface area contributed by atoms with Crippen LogP contribution in [0, 0.1) is 13.8 Å². The van der Waals surface area contributed by atoms with Gasteiger partial charge in [0.2, 0.25) is 15.9 Å². The quantitative estimate of drug-likeness (QED) is 0.785. The van der Waals surface area contributed by atoms with E-state index in [2.05, 4.69) is 5.32 Å². The molecule has 0 fully saturated rings. The molecule has 0 heterocycles.